The molecule has 16 heteroatoms. The van der Waals surface area contributed by atoms with E-state index in [2.05, 4.69) is 22.4 Å². The molecule has 0 saturated heterocycles. The fourth-order valence-electron chi connectivity index (χ4n) is 2.67. The number of rotatable bonds is 7. The Labute approximate surface area is 193 Å². The summed E-state index contributed by atoms with van der Waals surface area (Å²) < 4.78 is 101. The molecule has 0 aliphatic carbocycles. The van der Waals surface area contributed by atoms with E-state index in [4.69, 9.17) is 0 Å². The monoisotopic (exact) mass is 534 g/mol. The van der Waals surface area contributed by atoms with Gasteiger partial charge < -0.3 is 5.32 Å². The van der Waals surface area contributed by atoms with Crippen LogP contribution in [0.3, 0.4) is 0 Å². The Kier molecular flexibility index (Phi) is 7.67. The zero-order chi connectivity index (χ0) is 25.2. The molecule has 1 amide bonds. The fourth-order valence-corrected chi connectivity index (χ4v) is 5.69. The predicted octanol–water partition coefficient (Wildman–Crippen LogP) is 2.29. The summed E-state index contributed by atoms with van der Waals surface area (Å²) in [6.07, 6.45) is 2.11. The largest absolute Gasteiger partial charge is 0.324 e. The molecule has 0 radical (unpaired) electrons. The summed E-state index contributed by atoms with van der Waals surface area (Å²) in [5.74, 6) is -1.08. The highest BCUT2D eigenvalue weighted by Crippen LogP contribution is 2.38. The van der Waals surface area contributed by atoms with E-state index in [0.29, 0.717) is 17.3 Å². The highest BCUT2D eigenvalue weighted by Gasteiger charge is 2.35. The first-order valence-corrected chi connectivity index (χ1v) is 13.1. The van der Waals surface area contributed by atoms with Crippen molar-refractivity contribution in [2.75, 3.05) is 5.32 Å². The number of thiocarbonyl (C=S) groups is 1. The van der Waals surface area contributed by atoms with Crippen LogP contribution in [-0.2, 0) is 35.1 Å². The quantitative estimate of drug-likeness (QED) is 0.175. The molecule has 2 aromatic rings. The molecule has 0 aromatic heterocycles. The van der Waals surface area contributed by atoms with Crippen molar-refractivity contribution in [3.8, 4) is 0 Å². The normalized spacial score (nSPS) is 12.4. The van der Waals surface area contributed by atoms with Crippen molar-refractivity contribution in [1.29, 1.82) is 0 Å². The SMILES string of the molecule is CC(=O)Nc1c(S(=O)(=O)O)cc(C=Cc2ccc(N=C=S)cc2)c(S(=O)(=O)O)c1S(=O)(=O)O. The molecule has 4 N–H and O–H groups in total. The Balaban J connectivity index is 2.98. The Morgan fingerprint density at radius 2 is 1.48 bits per heavy atom. The van der Waals surface area contributed by atoms with Crippen molar-refractivity contribution in [2.45, 2.75) is 21.6 Å². The maximum atomic E-state index is 12.0. The van der Waals surface area contributed by atoms with Crippen LogP contribution in [0.5, 0.6) is 0 Å². The van der Waals surface area contributed by atoms with Gasteiger partial charge in [0.1, 0.15) is 14.7 Å². The van der Waals surface area contributed by atoms with Crippen molar-refractivity contribution in [2.24, 2.45) is 4.99 Å². The third-order valence-corrected chi connectivity index (χ3v) is 6.82. The Hall–Kier alpha value is -2.82. The van der Waals surface area contributed by atoms with Gasteiger partial charge in [-0.1, -0.05) is 24.3 Å². The van der Waals surface area contributed by atoms with Gasteiger partial charge in [-0.25, -0.2) is 0 Å². The van der Waals surface area contributed by atoms with E-state index in [1.807, 2.05) is 0 Å². The first-order valence-electron chi connectivity index (χ1n) is 8.32. The predicted molar refractivity (Wildman–Crippen MR) is 120 cm³/mol. The van der Waals surface area contributed by atoms with Crippen LogP contribution in [-0.4, -0.2) is 50.0 Å². The number of carbonyl (C=O) groups excluding carboxylic acids is 1. The third kappa shape index (κ3) is 6.59. The number of amides is 1. The second-order valence-electron chi connectivity index (χ2n) is 6.23. The number of isothiocyanates is 1. The number of carbonyl (C=O) groups is 1. The molecule has 0 unspecified atom stereocenters. The van der Waals surface area contributed by atoms with Gasteiger partial charge in [-0.2, -0.15) is 30.2 Å². The van der Waals surface area contributed by atoms with Gasteiger partial charge in [0, 0.05) is 6.92 Å². The average molecular weight is 535 g/mol. The van der Waals surface area contributed by atoms with E-state index in [0.717, 1.165) is 13.0 Å². The smallest absolute Gasteiger partial charge is 0.298 e. The minimum atomic E-state index is -5.59. The van der Waals surface area contributed by atoms with Crippen molar-refractivity contribution in [3.05, 3.63) is 41.5 Å². The van der Waals surface area contributed by atoms with Crippen LogP contribution in [0.1, 0.15) is 18.1 Å². The minimum Gasteiger partial charge on any atom is -0.324 e. The number of nitrogens with one attached hydrogen (secondary N) is 1. The van der Waals surface area contributed by atoms with Gasteiger partial charge >= 0.3 is 0 Å². The van der Waals surface area contributed by atoms with Crippen LogP contribution in [0.4, 0.5) is 11.4 Å². The second-order valence-corrected chi connectivity index (χ2v) is 10.5. The minimum absolute atomic E-state index is 0.382. The van der Waals surface area contributed by atoms with Gasteiger partial charge in [-0.05, 0) is 41.5 Å². The van der Waals surface area contributed by atoms with Gasteiger partial charge in [-0.3, -0.25) is 18.5 Å². The van der Waals surface area contributed by atoms with Gasteiger partial charge in [-0.15, -0.1) is 0 Å². The van der Waals surface area contributed by atoms with E-state index in [1.165, 1.54) is 30.3 Å². The molecule has 0 heterocycles. The highest BCUT2D eigenvalue weighted by molar-refractivity contribution is 7.89. The molecule has 2 rings (SSSR count). The molecule has 0 spiro atoms. The molecule has 33 heavy (non-hydrogen) atoms. The molecule has 176 valence electrons. The number of benzene rings is 2. The lowest BCUT2D eigenvalue weighted by Crippen LogP contribution is -2.19. The van der Waals surface area contributed by atoms with Crippen LogP contribution in [0, 0.1) is 0 Å². The van der Waals surface area contributed by atoms with Crippen LogP contribution in [0.2, 0.25) is 0 Å². The summed E-state index contributed by atoms with van der Waals surface area (Å²) in [5, 5.41) is 3.89. The van der Waals surface area contributed by atoms with Crippen molar-refractivity contribution in [3.63, 3.8) is 0 Å². The van der Waals surface area contributed by atoms with Gasteiger partial charge in [0.05, 0.1) is 16.5 Å². The molecular formula is C17H14N2O10S4. The number of aliphatic imine (C=N–C) groups is 1. The summed E-state index contributed by atoms with van der Waals surface area (Å²) in [4.78, 5) is 10.9. The first-order chi connectivity index (χ1) is 15.1. The third-order valence-electron chi connectivity index (χ3n) is 3.85. The van der Waals surface area contributed by atoms with Gasteiger partial charge in [0.15, 0.2) is 0 Å². The lowest BCUT2D eigenvalue weighted by atomic mass is 10.1. The summed E-state index contributed by atoms with van der Waals surface area (Å²) in [6, 6.07) is 6.45. The number of nitrogens with zero attached hydrogens (tertiary/aromatic N) is 1. The Morgan fingerprint density at radius 3 is 1.91 bits per heavy atom. The van der Waals surface area contributed by atoms with E-state index in [-0.39, 0.29) is 0 Å². The average Bonchev–Trinajstić information content (AvgIpc) is 2.64. The second kappa shape index (κ2) is 9.58. The molecule has 0 atom stereocenters. The van der Waals surface area contributed by atoms with Crippen LogP contribution < -0.4 is 5.32 Å². The van der Waals surface area contributed by atoms with Gasteiger partial charge in [0.2, 0.25) is 5.91 Å². The number of hydrogen-bond donors (Lipinski definition) is 4. The number of hydrogen-bond acceptors (Lipinski definition) is 9. The lowest BCUT2D eigenvalue weighted by Gasteiger charge is -2.17. The number of anilines is 1. The fraction of sp³-hybridized carbons (Fsp3) is 0.0588. The van der Waals surface area contributed by atoms with Crippen molar-refractivity contribution >= 4 is 77.2 Å². The summed E-state index contributed by atoms with van der Waals surface area (Å²) >= 11 is 4.48. The van der Waals surface area contributed by atoms with Crippen molar-refractivity contribution < 1.29 is 43.7 Å². The Bertz CT molecular complexity index is 1520. The van der Waals surface area contributed by atoms with E-state index in [9.17, 15) is 43.7 Å². The topological polar surface area (TPSA) is 205 Å². The van der Waals surface area contributed by atoms with Gasteiger partial charge in [0.25, 0.3) is 30.4 Å². The zero-order valence-electron chi connectivity index (χ0n) is 16.3. The van der Waals surface area contributed by atoms with Crippen LogP contribution in [0.15, 0.2) is 50.0 Å². The van der Waals surface area contributed by atoms with E-state index < -0.39 is 62.2 Å². The summed E-state index contributed by atoms with van der Waals surface area (Å²) in [7, 11) is -16.3. The van der Waals surface area contributed by atoms with Crippen LogP contribution >= 0.6 is 12.2 Å². The summed E-state index contributed by atoms with van der Waals surface area (Å²) in [6.45, 7) is 0.819. The standard InChI is InChI=1S/C17H14N2O10S4/c1-10(20)19-15-14(31(21,22)23)8-12(16(32(24,25)26)17(15)33(27,28)29)5-2-11-3-6-13(7-4-11)18-9-30/h2-8H,1H3,(H,19,20)(H,21,22,23)(H,24,25,26)(H,27,28,29). The van der Waals surface area contributed by atoms with E-state index in [1.54, 1.807) is 5.32 Å². The molecular weight excluding hydrogens is 520 g/mol. The molecule has 0 saturated carbocycles. The molecule has 12 nitrogen and oxygen atoms in total. The summed E-state index contributed by atoms with van der Waals surface area (Å²) in [5.41, 5.74) is -1.19. The maximum absolute atomic E-state index is 12.0. The molecule has 0 aliphatic rings. The molecule has 0 fully saturated rings. The maximum Gasteiger partial charge on any atom is 0.298 e. The first kappa shape index (κ1) is 26.4. The lowest BCUT2D eigenvalue weighted by molar-refractivity contribution is -0.114. The van der Waals surface area contributed by atoms with E-state index >= 15 is 0 Å². The Morgan fingerprint density at radius 1 is 0.939 bits per heavy atom. The zero-order valence-corrected chi connectivity index (χ0v) is 19.6. The molecule has 0 aliphatic heterocycles. The van der Waals surface area contributed by atoms with Crippen molar-refractivity contribution in [1.82, 2.24) is 0 Å². The van der Waals surface area contributed by atoms with Crippen LogP contribution in [0.25, 0.3) is 12.2 Å². The highest BCUT2D eigenvalue weighted by atomic mass is 32.2. The molecule has 2 aromatic carbocycles. The molecule has 0 bridgehead atoms.